The van der Waals surface area contributed by atoms with Gasteiger partial charge in [0.2, 0.25) is 5.91 Å². The van der Waals surface area contributed by atoms with E-state index in [0.29, 0.717) is 41.8 Å². The summed E-state index contributed by atoms with van der Waals surface area (Å²) in [6.45, 7) is 3.52. The molecule has 3 aromatic rings. The lowest BCUT2D eigenvalue weighted by molar-refractivity contribution is -0.128. The minimum atomic E-state index is -0.198. The molecule has 1 N–H and O–H groups in total. The highest BCUT2D eigenvalue weighted by Gasteiger charge is 2.32. The van der Waals surface area contributed by atoms with Crippen molar-refractivity contribution in [1.29, 1.82) is 0 Å². The molecule has 8 heteroatoms. The van der Waals surface area contributed by atoms with Crippen molar-refractivity contribution < 1.29 is 19.1 Å². The van der Waals surface area contributed by atoms with Crippen molar-refractivity contribution in [2.24, 2.45) is 0 Å². The highest BCUT2D eigenvalue weighted by molar-refractivity contribution is 8.00. The van der Waals surface area contributed by atoms with Gasteiger partial charge in [-0.15, -0.1) is 11.8 Å². The third kappa shape index (κ3) is 5.26. The summed E-state index contributed by atoms with van der Waals surface area (Å²) in [6, 6.07) is 20.5. The van der Waals surface area contributed by atoms with Gasteiger partial charge in [0.1, 0.15) is 18.6 Å². The zero-order valence-electron chi connectivity index (χ0n) is 19.2. The number of amides is 2. The summed E-state index contributed by atoms with van der Waals surface area (Å²) < 4.78 is 11.2. The maximum atomic E-state index is 12.9. The predicted octanol–water partition coefficient (Wildman–Crippen LogP) is 5.38. The zero-order chi connectivity index (χ0) is 24.4. The summed E-state index contributed by atoms with van der Waals surface area (Å²) in [5, 5.41) is 3.63. The molecule has 1 saturated heterocycles. The van der Waals surface area contributed by atoms with Crippen molar-refractivity contribution in [3.63, 3.8) is 0 Å². The molecule has 180 valence electrons. The number of hydrogen-bond acceptors (Lipinski definition) is 5. The lowest BCUT2D eigenvalue weighted by atomic mass is 10.1. The molecule has 2 amide bonds. The molecule has 0 spiro atoms. The molecule has 6 nitrogen and oxygen atoms in total. The average molecular weight is 509 g/mol. The molecular formula is C27H25ClN2O4S. The third-order valence-electron chi connectivity index (χ3n) is 6.11. The van der Waals surface area contributed by atoms with Gasteiger partial charge >= 0.3 is 0 Å². The molecule has 35 heavy (non-hydrogen) atoms. The Bertz CT molecular complexity index is 1230. The highest BCUT2D eigenvalue weighted by Crippen LogP contribution is 2.39. The maximum absolute atomic E-state index is 12.9. The SMILES string of the molecule is CC(NC(=O)c1ccc(C2SCC(=O)N2Cc2ccc(Cl)cc2)cc1)c1ccc2c(c1)OCCO2. The van der Waals surface area contributed by atoms with Gasteiger partial charge in [-0.25, -0.2) is 0 Å². The number of benzene rings is 3. The van der Waals surface area contributed by atoms with E-state index in [2.05, 4.69) is 5.32 Å². The lowest BCUT2D eigenvalue weighted by Crippen LogP contribution is -2.28. The summed E-state index contributed by atoms with van der Waals surface area (Å²) in [7, 11) is 0. The number of nitrogens with zero attached hydrogens (tertiary/aromatic N) is 1. The van der Waals surface area contributed by atoms with Crippen molar-refractivity contribution >= 4 is 35.2 Å². The van der Waals surface area contributed by atoms with E-state index in [0.717, 1.165) is 22.4 Å². The van der Waals surface area contributed by atoms with Gasteiger partial charge < -0.3 is 19.7 Å². The standard InChI is InChI=1S/C27H25ClN2O4S/c1-17(21-8-11-23-24(14-21)34-13-12-33-23)29-26(32)19-4-6-20(7-5-19)27-30(25(31)16-35-27)15-18-2-9-22(28)10-3-18/h2-11,14,17,27H,12-13,15-16H2,1H3,(H,29,32). The van der Waals surface area contributed by atoms with Gasteiger partial charge in [0.05, 0.1) is 11.8 Å². The molecule has 2 unspecified atom stereocenters. The summed E-state index contributed by atoms with van der Waals surface area (Å²) >= 11 is 7.58. The molecule has 1 fully saturated rings. The Hall–Kier alpha value is -3.16. The van der Waals surface area contributed by atoms with Crippen molar-refractivity contribution in [1.82, 2.24) is 10.2 Å². The zero-order valence-corrected chi connectivity index (χ0v) is 20.8. The van der Waals surface area contributed by atoms with Crippen LogP contribution in [0.3, 0.4) is 0 Å². The van der Waals surface area contributed by atoms with Crippen LogP contribution in [-0.2, 0) is 11.3 Å². The molecule has 0 aromatic heterocycles. The summed E-state index contributed by atoms with van der Waals surface area (Å²) in [5.74, 6) is 1.80. The number of fused-ring (bicyclic) bond motifs is 1. The number of nitrogens with one attached hydrogen (secondary N) is 1. The van der Waals surface area contributed by atoms with Crippen LogP contribution in [0.5, 0.6) is 11.5 Å². The number of hydrogen-bond donors (Lipinski definition) is 1. The number of halogens is 1. The van der Waals surface area contributed by atoms with E-state index < -0.39 is 0 Å². The largest absolute Gasteiger partial charge is 0.486 e. The molecular weight excluding hydrogens is 484 g/mol. The van der Waals surface area contributed by atoms with Crippen LogP contribution in [0.15, 0.2) is 66.7 Å². The van der Waals surface area contributed by atoms with Crippen molar-refractivity contribution in [3.8, 4) is 11.5 Å². The first-order valence-electron chi connectivity index (χ1n) is 11.4. The Morgan fingerprint density at radius 2 is 1.77 bits per heavy atom. The second kappa shape index (κ2) is 10.2. The number of ether oxygens (including phenoxy) is 2. The Morgan fingerprint density at radius 1 is 1.06 bits per heavy atom. The van der Waals surface area contributed by atoms with E-state index in [9.17, 15) is 9.59 Å². The fourth-order valence-electron chi connectivity index (χ4n) is 4.18. The highest BCUT2D eigenvalue weighted by atomic mass is 35.5. The monoisotopic (exact) mass is 508 g/mol. The molecule has 2 atom stereocenters. The average Bonchev–Trinajstić information content (AvgIpc) is 3.24. The Morgan fingerprint density at radius 3 is 2.51 bits per heavy atom. The second-order valence-electron chi connectivity index (χ2n) is 8.53. The summed E-state index contributed by atoms with van der Waals surface area (Å²) in [5.41, 5.74) is 3.53. The van der Waals surface area contributed by atoms with Crippen LogP contribution in [-0.4, -0.2) is 35.7 Å². The van der Waals surface area contributed by atoms with Gasteiger partial charge in [0, 0.05) is 17.1 Å². The van der Waals surface area contributed by atoms with Gasteiger partial charge in [-0.3, -0.25) is 9.59 Å². The van der Waals surface area contributed by atoms with E-state index in [4.69, 9.17) is 21.1 Å². The first kappa shape index (κ1) is 23.6. The lowest BCUT2D eigenvalue weighted by Gasteiger charge is -2.24. The van der Waals surface area contributed by atoms with Gasteiger partial charge in [-0.1, -0.05) is 41.9 Å². The van der Waals surface area contributed by atoms with Crippen molar-refractivity contribution in [2.45, 2.75) is 24.9 Å². The Labute approximate surface area is 213 Å². The van der Waals surface area contributed by atoms with Crippen LogP contribution in [0.1, 0.15) is 45.4 Å². The van der Waals surface area contributed by atoms with E-state index >= 15 is 0 Å². The van der Waals surface area contributed by atoms with E-state index in [1.54, 1.807) is 11.8 Å². The fraction of sp³-hybridized carbons (Fsp3) is 0.259. The maximum Gasteiger partial charge on any atom is 0.251 e. The second-order valence-corrected chi connectivity index (χ2v) is 10.0. The van der Waals surface area contributed by atoms with E-state index in [1.165, 1.54) is 0 Å². The van der Waals surface area contributed by atoms with Crippen LogP contribution < -0.4 is 14.8 Å². The smallest absolute Gasteiger partial charge is 0.251 e. The number of carbonyl (C=O) groups is 2. The van der Waals surface area contributed by atoms with Crippen LogP contribution in [0.4, 0.5) is 0 Å². The Kier molecular flexibility index (Phi) is 6.88. The predicted molar refractivity (Wildman–Crippen MR) is 137 cm³/mol. The van der Waals surface area contributed by atoms with Crippen LogP contribution in [0.2, 0.25) is 5.02 Å². The summed E-state index contributed by atoms with van der Waals surface area (Å²) in [6.07, 6.45) is 0. The van der Waals surface area contributed by atoms with Crippen molar-refractivity contribution in [3.05, 3.63) is 94.0 Å². The quantitative estimate of drug-likeness (QED) is 0.484. The first-order chi connectivity index (χ1) is 17.0. The Balaban J connectivity index is 1.25. The third-order valence-corrected chi connectivity index (χ3v) is 7.61. The van der Waals surface area contributed by atoms with Crippen LogP contribution in [0.25, 0.3) is 0 Å². The molecule has 2 aliphatic rings. The van der Waals surface area contributed by atoms with Gasteiger partial charge in [-0.05, 0) is 60.0 Å². The molecule has 3 aromatic carbocycles. The van der Waals surface area contributed by atoms with Gasteiger partial charge in [0.25, 0.3) is 5.91 Å². The van der Waals surface area contributed by atoms with Crippen LogP contribution in [0, 0.1) is 0 Å². The number of carbonyl (C=O) groups excluding carboxylic acids is 2. The van der Waals surface area contributed by atoms with Gasteiger partial charge in [0.15, 0.2) is 11.5 Å². The van der Waals surface area contributed by atoms with Crippen molar-refractivity contribution in [2.75, 3.05) is 19.0 Å². The molecule has 2 heterocycles. The van der Waals surface area contributed by atoms with Crippen LogP contribution >= 0.6 is 23.4 Å². The normalized spacial score (nSPS) is 17.8. The minimum Gasteiger partial charge on any atom is -0.486 e. The summed E-state index contributed by atoms with van der Waals surface area (Å²) in [4.78, 5) is 27.3. The molecule has 0 radical (unpaired) electrons. The number of thioether (sulfide) groups is 1. The fourth-order valence-corrected chi connectivity index (χ4v) is 5.49. The molecule has 0 bridgehead atoms. The van der Waals surface area contributed by atoms with E-state index in [1.807, 2.05) is 78.6 Å². The van der Waals surface area contributed by atoms with E-state index in [-0.39, 0.29) is 23.2 Å². The molecule has 0 saturated carbocycles. The molecule has 0 aliphatic carbocycles. The minimum absolute atomic E-state index is 0.0908. The molecule has 2 aliphatic heterocycles. The first-order valence-corrected chi connectivity index (χ1v) is 12.9. The molecule has 5 rings (SSSR count). The number of rotatable bonds is 6. The van der Waals surface area contributed by atoms with Gasteiger partial charge in [-0.2, -0.15) is 0 Å². The topological polar surface area (TPSA) is 67.9 Å².